The van der Waals surface area contributed by atoms with Gasteiger partial charge in [-0.2, -0.15) is 0 Å². The molecule has 3 fully saturated rings. The predicted molar refractivity (Wildman–Crippen MR) is 111 cm³/mol. The molecule has 2 atom stereocenters. The highest BCUT2D eigenvalue weighted by molar-refractivity contribution is 6.07. The van der Waals surface area contributed by atoms with E-state index >= 15 is 0 Å². The van der Waals surface area contributed by atoms with E-state index < -0.39 is 5.54 Å². The van der Waals surface area contributed by atoms with E-state index in [0.29, 0.717) is 11.9 Å². The summed E-state index contributed by atoms with van der Waals surface area (Å²) in [6.07, 6.45) is 14.7. The molecule has 0 bridgehead atoms. The van der Waals surface area contributed by atoms with Crippen LogP contribution in [0.3, 0.4) is 0 Å². The van der Waals surface area contributed by atoms with Crippen LogP contribution in [0.15, 0.2) is 0 Å². The summed E-state index contributed by atoms with van der Waals surface area (Å²) in [5.41, 5.74) is -0.520. The molecule has 154 valence electrons. The smallest absolute Gasteiger partial charge is 0.254 e. The number of unbranched alkanes of at least 4 members (excludes halogenated alkanes) is 2. The van der Waals surface area contributed by atoms with Crippen LogP contribution in [0.5, 0.6) is 0 Å². The van der Waals surface area contributed by atoms with E-state index in [1.165, 1.54) is 75.8 Å². The number of carbonyl (C=O) groups is 1. The molecule has 1 aliphatic carbocycles. The normalized spacial score (nSPS) is 30.3. The standard InChI is InChI=1S/C22H40N4O/c1-3-4-8-14-26-15-12-19(17-26)16-22(20(27)25(2)21(23)24-22)13-11-18-9-6-5-7-10-18/h18-19H,3-17H2,1-2H3,(H2,23,24)/t19-,22+/m1/s1. The molecule has 0 radical (unpaired) electrons. The Morgan fingerprint density at radius 3 is 2.59 bits per heavy atom. The molecule has 2 heterocycles. The van der Waals surface area contributed by atoms with Crippen molar-refractivity contribution in [3.8, 4) is 0 Å². The molecule has 0 aromatic carbocycles. The van der Waals surface area contributed by atoms with Crippen LogP contribution in [0, 0.1) is 17.2 Å². The van der Waals surface area contributed by atoms with Gasteiger partial charge in [0.25, 0.3) is 5.91 Å². The maximum Gasteiger partial charge on any atom is 0.254 e. The lowest BCUT2D eigenvalue weighted by atomic mass is 9.78. The van der Waals surface area contributed by atoms with Gasteiger partial charge in [-0.25, -0.2) is 0 Å². The van der Waals surface area contributed by atoms with Gasteiger partial charge >= 0.3 is 0 Å². The van der Waals surface area contributed by atoms with E-state index in [-0.39, 0.29) is 5.91 Å². The highest BCUT2D eigenvalue weighted by Gasteiger charge is 2.49. The molecule has 1 saturated carbocycles. The maximum atomic E-state index is 13.1. The van der Waals surface area contributed by atoms with Crippen LogP contribution in [0.1, 0.15) is 84.0 Å². The largest absolute Gasteiger partial charge is 0.342 e. The first-order valence-electron chi connectivity index (χ1n) is 11.4. The van der Waals surface area contributed by atoms with Crippen LogP contribution in [0.4, 0.5) is 0 Å². The quantitative estimate of drug-likeness (QED) is 0.598. The molecule has 0 unspecified atom stereocenters. The zero-order chi connectivity index (χ0) is 19.3. The van der Waals surface area contributed by atoms with Gasteiger partial charge in [-0.3, -0.25) is 15.1 Å². The lowest BCUT2D eigenvalue weighted by molar-refractivity contribution is -0.131. The van der Waals surface area contributed by atoms with Gasteiger partial charge in [-0.15, -0.1) is 0 Å². The molecule has 0 spiro atoms. The van der Waals surface area contributed by atoms with Crippen LogP contribution in [0.2, 0.25) is 0 Å². The van der Waals surface area contributed by atoms with Crippen molar-refractivity contribution in [1.82, 2.24) is 15.1 Å². The molecule has 2 saturated heterocycles. The number of hydrogen-bond acceptors (Lipinski definition) is 3. The minimum atomic E-state index is -0.520. The zero-order valence-electron chi connectivity index (χ0n) is 17.6. The summed E-state index contributed by atoms with van der Waals surface area (Å²) in [7, 11) is 1.76. The van der Waals surface area contributed by atoms with Crippen LogP contribution in [-0.2, 0) is 4.79 Å². The number of nitrogens with one attached hydrogen (secondary N) is 2. The fraction of sp³-hybridized carbons (Fsp3) is 0.909. The Morgan fingerprint density at radius 2 is 1.93 bits per heavy atom. The lowest BCUT2D eigenvalue weighted by Crippen LogP contribution is -2.49. The van der Waals surface area contributed by atoms with Crippen molar-refractivity contribution in [1.29, 1.82) is 5.41 Å². The zero-order valence-corrected chi connectivity index (χ0v) is 17.6. The number of nitrogens with zero attached hydrogens (tertiary/aromatic N) is 2. The second-order valence-corrected chi connectivity index (χ2v) is 9.33. The average molecular weight is 377 g/mol. The Labute approximate surface area is 165 Å². The van der Waals surface area contributed by atoms with Crippen LogP contribution < -0.4 is 5.32 Å². The third-order valence-electron chi connectivity index (χ3n) is 7.20. The minimum Gasteiger partial charge on any atom is -0.342 e. The monoisotopic (exact) mass is 376 g/mol. The van der Waals surface area contributed by atoms with E-state index in [2.05, 4.69) is 17.1 Å². The molecule has 5 nitrogen and oxygen atoms in total. The van der Waals surface area contributed by atoms with Crippen molar-refractivity contribution in [2.75, 3.05) is 26.7 Å². The number of amides is 1. The van der Waals surface area contributed by atoms with Crippen molar-refractivity contribution in [3.63, 3.8) is 0 Å². The van der Waals surface area contributed by atoms with E-state index in [9.17, 15) is 4.79 Å². The van der Waals surface area contributed by atoms with Gasteiger partial charge < -0.3 is 10.2 Å². The summed E-state index contributed by atoms with van der Waals surface area (Å²) in [6, 6.07) is 0. The van der Waals surface area contributed by atoms with Gasteiger partial charge in [0.2, 0.25) is 0 Å². The van der Waals surface area contributed by atoms with Crippen LogP contribution >= 0.6 is 0 Å². The number of carbonyl (C=O) groups excluding carboxylic acids is 1. The van der Waals surface area contributed by atoms with Crippen molar-refractivity contribution in [2.45, 2.75) is 89.5 Å². The van der Waals surface area contributed by atoms with Crippen molar-refractivity contribution in [2.24, 2.45) is 11.8 Å². The van der Waals surface area contributed by atoms with Gasteiger partial charge in [-0.05, 0) is 57.0 Å². The third kappa shape index (κ3) is 5.04. The topological polar surface area (TPSA) is 59.4 Å². The van der Waals surface area contributed by atoms with Crippen LogP contribution in [0.25, 0.3) is 0 Å². The molecule has 3 aliphatic rings. The third-order valence-corrected chi connectivity index (χ3v) is 7.20. The Morgan fingerprint density at radius 1 is 1.15 bits per heavy atom. The Hall–Kier alpha value is -1.10. The fourth-order valence-electron chi connectivity index (χ4n) is 5.48. The minimum absolute atomic E-state index is 0.132. The predicted octanol–water partition coefficient (Wildman–Crippen LogP) is 3.98. The molecule has 5 heteroatoms. The molecule has 2 N–H and O–H groups in total. The van der Waals surface area contributed by atoms with Crippen molar-refractivity contribution >= 4 is 11.9 Å². The second kappa shape index (κ2) is 9.40. The first-order valence-corrected chi connectivity index (χ1v) is 11.4. The summed E-state index contributed by atoms with van der Waals surface area (Å²) in [5, 5.41) is 11.5. The molecule has 27 heavy (non-hydrogen) atoms. The van der Waals surface area contributed by atoms with Gasteiger partial charge in [0.1, 0.15) is 5.54 Å². The van der Waals surface area contributed by atoms with Crippen molar-refractivity contribution in [3.05, 3.63) is 0 Å². The molecule has 0 aromatic rings. The maximum absolute atomic E-state index is 13.1. The first-order chi connectivity index (χ1) is 13.0. The Bertz CT molecular complexity index is 516. The Balaban J connectivity index is 1.59. The van der Waals surface area contributed by atoms with Crippen molar-refractivity contribution < 1.29 is 4.79 Å². The SMILES string of the molecule is CCCCCN1CC[C@H](C[C@]2(CCC3CCCCC3)NC(=N)N(C)C2=O)C1. The van der Waals surface area contributed by atoms with Gasteiger partial charge in [0.05, 0.1) is 0 Å². The molecular weight excluding hydrogens is 336 g/mol. The van der Waals surface area contributed by atoms with E-state index in [0.717, 1.165) is 31.7 Å². The van der Waals surface area contributed by atoms with E-state index in [4.69, 9.17) is 5.41 Å². The highest BCUT2D eigenvalue weighted by atomic mass is 16.2. The summed E-state index contributed by atoms with van der Waals surface area (Å²) in [6.45, 7) is 5.76. The number of likely N-dealkylation sites (N-methyl/N-ethyl adjacent to an activating group) is 1. The molecule has 2 aliphatic heterocycles. The molecular formula is C22H40N4O. The summed E-state index contributed by atoms with van der Waals surface area (Å²) in [5.74, 6) is 1.78. The molecule has 1 amide bonds. The van der Waals surface area contributed by atoms with E-state index in [1.54, 1.807) is 7.05 Å². The molecule has 3 rings (SSSR count). The van der Waals surface area contributed by atoms with E-state index in [1.807, 2.05) is 0 Å². The van der Waals surface area contributed by atoms with Gasteiger partial charge in [0.15, 0.2) is 5.96 Å². The Kier molecular flexibility index (Phi) is 7.18. The number of hydrogen-bond donors (Lipinski definition) is 2. The average Bonchev–Trinajstić information content (AvgIpc) is 3.20. The van der Waals surface area contributed by atoms with Crippen LogP contribution in [-0.4, -0.2) is 53.9 Å². The number of likely N-dealkylation sites (tertiary alicyclic amines) is 1. The van der Waals surface area contributed by atoms with Gasteiger partial charge in [-0.1, -0.05) is 51.9 Å². The summed E-state index contributed by atoms with van der Waals surface area (Å²) in [4.78, 5) is 17.2. The fourth-order valence-corrected chi connectivity index (χ4v) is 5.48. The number of rotatable bonds is 9. The first kappa shape index (κ1) is 20.6. The van der Waals surface area contributed by atoms with Gasteiger partial charge in [0, 0.05) is 13.6 Å². The highest BCUT2D eigenvalue weighted by Crippen LogP contribution is 2.36. The summed E-state index contributed by atoms with van der Waals surface area (Å²) >= 11 is 0. The number of guanidine groups is 1. The lowest BCUT2D eigenvalue weighted by Gasteiger charge is -2.32. The second-order valence-electron chi connectivity index (χ2n) is 9.33. The summed E-state index contributed by atoms with van der Waals surface area (Å²) < 4.78 is 0. The molecule has 0 aromatic heterocycles.